The van der Waals surface area contributed by atoms with Crippen molar-refractivity contribution in [3.05, 3.63) is 23.8 Å². The van der Waals surface area contributed by atoms with E-state index in [1.54, 1.807) is 25.9 Å². The van der Waals surface area contributed by atoms with Crippen LogP contribution in [0.15, 0.2) is 18.2 Å². The van der Waals surface area contributed by atoms with E-state index in [1.165, 1.54) is 12.1 Å². The molecule has 0 fully saturated rings. The SMILES string of the molecule is CC(CCCO)NC(=O)Nc1ccc(N(C)C)cc1C(F)(F)F. The van der Waals surface area contributed by atoms with Gasteiger partial charge in [0.05, 0.1) is 11.3 Å². The molecule has 0 saturated heterocycles. The number of hydrogen-bond donors (Lipinski definition) is 3. The molecule has 5 nitrogen and oxygen atoms in total. The standard InChI is InChI=1S/C15H22F3N3O2/c1-10(5-4-8-22)19-14(23)20-13-7-6-11(21(2)3)9-12(13)15(16,17)18/h6-7,9-10,22H,4-5,8H2,1-3H3,(H2,19,20,23). The van der Waals surface area contributed by atoms with E-state index in [0.717, 1.165) is 6.07 Å². The van der Waals surface area contributed by atoms with Crippen molar-refractivity contribution in [1.29, 1.82) is 0 Å². The van der Waals surface area contributed by atoms with E-state index < -0.39 is 17.8 Å². The Morgan fingerprint density at radius 2 is 2.00 bits per heavy atom. The van der Waals surface area contributed by atoms with Gasteiger partial charge in [0.1, 0.15) is 0 Å². The number of alkyl halides is 3. The first-order valence-electron chi connectivity index (χ1n) is 7.22. The van der Waals surface area contributed by atoms with Gasteiger partial charge in [-0.25, -0.2) is 4.79 Å². The van der Waals surface area contributed by atoms with E-state index in [2.05, 4.69) is 10.6 Å². The van der Waals surface area contributed by atoms with Gasteiger partial charge in [-0.1, -0.05) is 0 Å². The summed E-state index contributed by atoms with van der Waals surface area (Å²) in [5.74, 6) is 0. The lowest BCUT2D eigenvalue weighted by atomic mass is 10.1. The van der Waals surface area contributed by atoms with Crippen molar-refractivity contribution < 1.29 is 23.1 Å². The van der Waals surface area contributed by atoms with Gasteiger partial charge >= 0.3 is 12.2 Å². The number of anilines is 2. The molecule has 3 N–H and O–H groups in total. The Morgan fingerprint density at radius 3 is 2.52 bits per heavy atom. The molecule has 0 heterocycles. The summed E-state index contributed by atoms with van der Waals surface area (Å²) in [6.07, 6.45) is -3.53. The number of aliphatic hydroxyl groups is 1. The molecule has 0 saturated carbocycles. The van der Waals surface area contributed by atoms with E-state index in [1.807, 2.05) is 0 Å². The van der Waals surface area contributed by atoms with Crippen molar-refractivity contribution in [2.24, 2.45) is 0 Å². The lowest BCUT2D eigenvalue weighted by Crippen LogP contribution is -2.36. The van der Waals surface area contributed by atoms with Crippen LogP contribution in [0.25, 0.3) is 0 Å². The zero-order valence-corrected chi connectivity index (χ0v) is 13.4. The van der Waals surface area contributed by atoms with Gasteiger partial charge in [0.2, 0.25) is 0 Å². The van der Waals surface area contributed by atoms with E-state index in [4.69, 9.17) is 5.11 Å². The number of nitrogens with one attached hydrogen (secondary N) is 2. The second-order valence-electron chi connectivity index (χ2n) is 5.49. The Balaban J connectivity index is 2.89. The minimum absolute atomic E-state index is 0.00212. The summed E-state index contributed by atoms with van der Waals surface area (Å²) in [7, 11) is 3.27. The lowest BCUT2D eigenvalue weighted by Gasteiger charge is -2.20. The van der Waals surface area contributed by atoms with Crippen molar-refractivity contribution in [2.75, 3.05) is 30.9 Å². The average Bonchev–Trinajstić information content (AvgIpc) is 2.43. The molecular formula is C15H22F3N3O2. The molecular weight excluding hydrogens is 311 g/mol. The maximum absolute atomic E-state index is 13.2. The third-order valence-electron chi connectivity index (χ3n) is 3.25. The molecule has 0 aliphatic rings. The molecule has 0 aliphatic carbocycles. The number of aliphatic hydroxyl groups excluding tert-OH is 1. The molecule has 1 rings (SSSR count). The van der Waals surface area contributed by atoms with E-state index in [-0.39, 0.29) is 18.3 Å². The first kappa shape index (κ1) is 19.1. The summed E-state index contributed by atoms with van der Waals surface area (Å²) in [6, 6.07) is 2.76. The van der Waals surface area contributed by atoms with Crippen molar-refractivity contribution in [1.82, 2.24) is 5.32 Å². The summed E-state index contributed by atoms with van der Waals surface area (Å²) in [4.78, 5) is 13.4. The Labute approximate surface area is 133 Å². The highest BCUT2D eigenvalue weighted by molar-refractivity contribution is 5.90. The van der Waals surface area contributed by atoms with Crippen LogP contribution in [0.1, 0.15) is 25.3 Å². The van der Waals surface area contributed by atoms with Gasteiger partial charge in [0, 0.05) is 32.4 Å². The number of benzene rings is 1. The summed E-state index contributed by atoms with van der Waals surface area (Å²) in [5, 5.41) is 13.5. The van der Waals surface area contributed by atoms with Gasteiger partial charge in [-0.2, -0.15) is 13.2 Å². The second kappa shape index (κ2) is 8.05. The minimum atomic E-state index is -4.57. The highest BCUT2D eigenvalue weighted by Gasteiger charge is 2.34. The summed E-state index contributed by atoms with van der Waals surface area (Å²) in [5.41, 5.74) is -0.809. The van der Waals surface area contributed by atoms with Crippen LogP contribution in [0.4, 0.5) is 29.3 Å². The van der Waals surface area contributed by atoms with E-state index in [9.17, 15) is 18.0 Å². The number of rotatable bonds is 6. The Kier molecular flexibility index (Phi) is 6.68. The predicted molar refractivity (Wildman–Crippen MR) is 83.7 cm³/mol. The van der Waals surface area contributed by atoms with Crippen LogP contribution in [0.3, 0.4) is 0 Å². The topological polar surface area (TPSA) is 64.6 Å². The first-order chi connectivity index (χ1) is 10.6. The summed E-state index contributed by atoms with van der Waals surface area (Å²) < 4.78 is 39.5. The minimum Gasteiger partial charge on any atom is -0.396 e. The molecule has 0 aromatic heterocycles. The summed E-state index contributed by atoms with van der Waals surface area (Å²) in [6.45, 7) is 1.72. The Morgan fingerprint density at radius 1 is 1.35 bits per heavy atom. The van der Waals surface area contributed by atoms with Crippen molar-refractivity contribution >= 4 is 17.4 Å². The number of carbonyl (C=O) groups excluding carboxylic acids is 1. The molecule has 0 bridgehead atoms. The Bertz CT molecular complexity index is 533. The molecule has 1 aromatic rings. The van der Waals surface area contributed by atoms with E-state index in [0.29, 0.717) is 18.5 Å². The zero-order chi connectivity index (χ0) is 17.6. The number of amides is 2. The quantitative estimate of drug-likeness (QED) is 0.750. The van der Waals surface area contributed by atoms with Crippen LogP contribution in [0, 0.1) is 0 Å². The van der Waals surface area contributed by atoms with Gasteiger partial charge in [-0.05, 0) is 38.0 Å². The fraction of sp³-hybridized carbons (Fsp3) is 0.533. The highest BCUT2D eigenvalue weighted by atomic mass is 19.4. The van der Waals surface area contributed by atoms with Crippen LogP contribution in [-0.4, -0.2) is 37.9 Å². The van der Waals surface area contributed by atoms with E-state index >= 15 is 0 Å². The molecule has 1 aromatic carbocycles. The van der Waals surface area contributed by atoms with Crippen molar-refractivity contribution in [3.63, 3.8) is 0 Å². The van der Waals surface area contributed by atoms with Gasteiger partial charge in [-0.3, -0.25) is 0 Å². The first-order valence-corrected chi connectivity index (χ1v) is 7.22. The number of urea groups is 1. The number of nitrogens with zero attached hydrogens (tertiary/aromatic N) is 1. The van der Waals surface area contributed by atoms with Crippen LogP contribution in [-0.2, 0) is 6.18 Å². The second-order valence-corrected chi connectivity index (χ2v) is 5.49. The predicted octanol–water partition coefficient (Wildman–Crippen LogP) is 3.05. The lowest BCUT2D eigenvalue weighted by molar-refractivity contribution is -0.136. The molecule has 1 unspecified atom stereocenters. The third-order valence-corrected chi connectivity index (χ3v) is 3.25. The molecule has 0 radical (unpaired) electrons. The van der Waals surface area contributed by atoms with Crippen LogP contribution in [0.5, 0.6) is 0 Å². The van der Waals surface area contributed by atoms with Crippen molar-refractivity contribution in [2.45, 2.75) is 32.0 Å². The number of carbonyl (C=O) groups is 1. The smallest absolute Gasteiger partial charge is 0.396 e. The van der Waals surface area contributed by atoms with Crippen LogP contribution in [0.2, 0.25) is 0 Å². The molecule has 0 spiro atoms. The Hall–Kier alpha value is -1.96. The summed E-state index contributed by atoms with van der Waals surface area (Å²) >= 11 is 0. The third kappa shape index (κ3) is 5.97. The molecule has 2 amide bonds. The normalized spacial score (nSPS) is 12.7. The maximum Gasteiger partial charge on any atom is 0.418 e. The van der Waals surface area contributed by atoms with Gasteiger partial charge in [-0.15, -0.1) is 0 Å². The molecule has 1 atom stereocenters. The monoisotopic (exact) mass is 333 g/mol. The zero-order valence-electron chi connectivity index (χ0n) is 13.4. The van der Waals surface area contributed by atoms with Gasteiger partial charge in [0.25, 0.3) is 0 Å². The van der Waals surface area contributed by atoms with Crippen LogP contribution >= 0.6 is 0 Å². The maximum atomic E-state index is 13.2. The number of hydrogen-bond acceptors (Lipinski definition) is 3. The molecule has 23 heavy (non-hydrogen) atoms. The van der Waals surface area contributed by atoms with Crippen LogP contribution < -0.4 is 15.5 Å². The fourth-order valence-corrected chi connectivity index (χ4v) is 2.01. The average molecular weight is 333 g/mol. The molecule has 130 valence electrons. The van der Waals surface area contributed by atoms with Gasteiger partial charge < -0.3 is 20.6 Å². The van der Waals surface area contributed by atoms with Gasteiger partial charge in [0.15, 0.2) is 0 Å². The number of halogens is 3. The highest BCUT2D eigenvalue weighted by Crippen LogP contribution is 2.37. The molecule has 8 heteroatoms. The largest absolute Gasteiger partial charge is 0.418 e. The fourth-order valence-electron chi connectivity index (χ4n) is 2.01. The van der Waals surface area contributed by atoms with Crippen molar-refractivity contribution in [3.8, 4) is 0 Å². The molecule has 0 aliphatic heterocycles.